The molecule has 2 aromatic carbocycles. The number of hydrogen-bond acceptors (Lipinski definition) is 3. The lowest BCUT2D eigenvalue weighted by Gasteiger charge is -2.31. The summed E-state index contributed by atoms with van der Waals surface area (Å²) < 4.78 is 38.6. The van der Waals surface area contributed by atoms with Crippen molar-refractivity contribution in [3.8, 4) is 11.5 Å². The van der Waals surface area contributed by atoms with Crippen molar-refractivity contribution >= 4 is 0 Å². The molecule has 1 aliphatic rings. The first-order valence-electron chi connectivity index (χ1n) is 6.64. The standard InChI is InChI=1S/C16H15F2NO2/c1-20-9-5-6-14-10(7-9)13(19)8-15(21-14)16-11(17)3-2-4-12(16)18/h2-7,13,15H,8,19H2,1H3/t13-,15?/m0/s1. The Kier molecular flexibility index (Phi) is 3.51. The number of halogens is 2. The molecule has 0 aliphatic carbocycles. The van der Waals surface area contributed by atoms with Crippen molar-refractivity contribution in [1.82, 2.24) is 0 Å². The number of rotatable bonds is 2. The van der Waals surface area contributed by atoms with Gasteiger partial charge >= 0.3 is 0 Å². The summed E-state index contributed by atoms with van der Waals surface area (Å²) in [4.78, 5) is 0. The molecule has 3 nitrogen and oxygen atoms in total. The predicted molar refractivity (Wildman–Crippen MR) is 74.3 cm³/mol. The van der Waals surface area contributed by atoms with Gasteiger partial charge in [0, 0.05) is 18.0 Å². The minimum Gasteiger partial charge on any atom is -0.497 e. The molecule has 21 heavy (non-hydrogen) atoms. The molecule has 0 spiro atoms. The lowest BCUT2D eigenvalue weighted by atomic mass is 9.93. The molecule has 0 aromatic heterocycles. The van der Waals surface area contributed by atoms with E-state index in [0.717, 1.165) is 5.56 Å². The zero-order valence-corrected chi connectivity index (χ0v) is 11.5. The number of ether oxygens (including phenoxy) is 2. The SMILES string of the molecule is COc1ccc2c(c1)[C@@H](N)CC(c1c(F)cccc1F)O2. The summed E-state index contributed by atoms with van der Waals surface area (Å²) in [6.45, 7) is 0. The van der Waals surface area contributed by atoms with Crippen molar-refractivity contribution in [2.45, 2.75) is 18.6 Å². The predicted octanol–water partition coefficient (Wildman–Crippen LogP) is 3.50. The smallest absolute Gasteiger partial charge is 0.133 e. The Balaban J connectivity index is 1.99. The molecule has 2 aromatic rings. The van der Waals surface area contributed by atoms with E-state index < -0.39 is 17.7 Å². The van der Waals surface area contributed by atoms with E-state index in [-0.39, 0.29) is 11.6 Å². The second-order valence-electron chi connectivity index (χ2n) is 4.99. The highest BCUT2D eigenvalue weighted by atomic mass is 19.1. The molecule has 0 fully saturated rings. The Bertz CT molecular complexity index is 655. The minimum absolute atomic E-state index is 0.0746. The molecule has 1 unspecified atom stereocenters. The highest BCUT2D eigenvalue weighted by Crippen LogP contribution is 2.42. The summed E-state index contributed by atoms with van der Waals surface area (Å²) in [5.41, 5.74) is 6.82. The molecular formula is C16H15F2NO2. The summed E-state index contributed by atoms with van der Waals surface area (Å²) in [6, 6.07) is 8.62. The van der Waals surface area contributed by atoms with Gasteiger partial charge in [-0.1, -0.05) is 6.07 Å². The molecule has 2 atom stereocenters. The van der Waals surface area contributed by atoms with Gasteiger partial charge in [0.05, 0.1) is 12.7 Å². The molecule has 0 bridgehead atoms. The molecule has 0 saturated carbocycles. The number of hydrogen-bond donors (Lipinski definition) is 1. The maximum atomic E-state index is 13.9. The third kappa shape index (κ3) is 2.45. The fourth-order valence-corrected chi connectivity index (χ4v) is 2.60. The molecule has 0 radical (unpaired) electrons. The van der Waals surface area contributed by atoms with E-state index in [1.807, 2.05) is 0 Å². The first-order valence-corrected chi connectivity index (χ1v) is 6.64. The van der Waals surface area contributed by atoms with Gasteiger partial charge in [0.25, 0.3) is 0 Å². The van der Waals surface area contributed by atoms with Gasteiger partial charge < -0.3 is 15.2 Å². The lowest BCUT2D eigenvalue weighted by Crippen LogP contribution is -2.25. The quantitative estimate of drug-likeness (QED) is 0.921. The normalized spacial score (nSPS) is 20.6. The van der Waals surface area contributed by atoms with Crippen molar-refractivity contribution in [3.05, 3.63) is 59.2 Å². The van der Waals surface area contributed by atoms with E-state index in [9.17, 15) is 8.78 Å². The lowest BCUT2D eigenvalue weighted by molar-refractivity contribution is 0.152. The van der Waals surface area contributed by atoms with Gasteiger partial charge in [0.1, 0.15) is 29.2 Å². The Morgan fingerprint density at radius 2 is 1.90 bits per heavy atom. The molecule has 110 valence electrons. The Morgan fingerprint density at radius 1 is 1.19 bits per heavy atom. The van der Waals surface area contributed by atoms with Crippen LogP contribution in [0.1, 0.15) is 29.7 Å². The molecular weight excluding hydrogens is 276 g/mol. The highest BCUT2D eigenvalue weighted by molar-refractivity contribution is 5.44. The monoisotopic (exact) mass is 291 g/mol. The molecule has 1 heterocycles. The molecule has 2 N–H and O–H groups in total. The van der Waals surface area contributed by atoms with Crippen molar-refractivity contribution in [2.24, 2.45) is 5.73 Å². The first kappa shape index (κ1) is 13.8. The fraction of sp³-hybridized carbons (Fsp3) is 0.250. The van der Waals surface area contributed by atoms with Crippen molar-refractivity contribution in [2.75, 3.05) is 7.11 Å². The van der Waals surface area contributed by atoms with Crippen LogP contribution in [-0.2, 0) is 0 Å². The molecule has 3 rings (SSSR count). The van der Waals surface area contributed by atoms with Crippen LogP contribution in [0.25, 0.3) is 0 Å². The van der Waals surface area contributed by atoms with Crippen LogP contribution in [0, 0.1) is 11.6 Å². The second kappa shape index (κ2) is 5.33. The van der Waals surface area contributed by atoms with Gasteiger partial charge in [-0.2, -0.15) is 0 Å². The number of methoxy groups -OCH3 is 1. The number of fused-ring (bicyclic) bond motifs is 1. The van der Waals surface area contributed by atoms with Crippen LogP contribution in [0.15, 0.2) is 36.4 Å². The van der Waals surface area contributed by atoms with Gasteiger partial charge in [-0.3, -0.25) is 0 Å². The average Bonchev–Trinajstić information content (AvgIpc) is 2.47. The third-order valence-corrected chi connectivity index (χ3v) is 3.68. The zero-order chi connectivity index (χ0) is 15.0. The van der Waals surface area contributed by atoms with E-state index in [2.05, 4.69) is 0 Å². The van der Waals surface area contributed by atoms with Crippen LogP contribution in [-0.4, -0.2) is 7.11 Å². The summed E-state index contributed by atoms with van der Waals surface area (Å²) in [6.07, 6.45) is -0.431. The number of benzene rings is 2. The molecule has 5 heteroatoms. The maximum Gasteiger partial charge on any atom is 0.133 e. The summed E-state index contributed by atoms with van der Waals surface area (Å²) in [5.74, 6) is -0.0427. The minimum atomic E-state index is -0.734. The van der Waals surface area contributed by atoms with Gasteiger partial charge in [0.2, 0.25) is 0 Å². The van der Waals surface area contributed by atoms with Gasteiger partial charge in [-0.05, 0) is 30.3 Å². The van der Waals surface area contributed by atoms with Crippen LogP contribution < -0.4 is 15.2 Å². The second-order valence-corrected chi connectivity index (χ2v) is 4.99. The van der Waals surface area contributed by atoms with E-state index in [4.69, 9.17) is 15.2 Å². The van der Waals surface area contributed by atoms with Gasteiger partial charge in [-0.25, -0.2) is 8.78 Å². The third-order valence-electron chi connectivity index (χ3n) is 3.68. The zero-order valence-electron chi connectivity index (χ0n) is 11.5. The van der Waals surface area contributed by atoms with Crippen molar-refractivity contribution < 1.29 is 18.3 Å². The van der Waals surface area contributed by atoms with E-state index in [1.165, 1.54) is 18.2 Å². The van der Waals surface area contributed by atoms with Crippen molar-refractivity contribution in [3.63, 3.8) is 0 Å². The summed E-state index contributed by atoms with van der Waals surface area (Å²) >= 11 is 0. The van der Waals surface area contributed by atoms with Crippen LogP contribution >= 0.6 is 0 Å². The van der Waals surface area contributed by atoms with E-state index in [0.29, 0.717) is 17.9 Å². The van der Waals surface area contributed by atoms with Crippen LogP contribution in [0.4, 0.5) is 8.78 Å². The molecule has 0 saturated heterocycles. The van der Waals surface area contributed by atoms with Crippen LogP contribution in [0.2, 0.25) is 0 Å². The molecule has 0 amide bonds. The summed E-state index contributed by atoms with van der Waals surface area (Å²) in [5, 5.41) is 0. The van der Waals surface area contributed by atoms with Crippen molar-refractivity contribution in [1.29, 1.82) is 0 Å². The summed E-state index contributed by atoms with van der Waals surface area (Å²) in [7, 11) is 1.56. The van der Waals surface area contributed by atoms with Gasteiger partial charge in [0.15, 0.2) is 0 Å². The highest BCUT2D eigenvalue weighted by Gasteiger charge is 2.31. The van der Waals surface area contributed by atoms with Crippen LogP contribution in [0.5, 0.6) is 11.5 Å². The van der Waals surface area contributed by atoms with Gasteiger partial charge in [-0.15, -0.1) is 0 Å². The first-order chi connectivity index (χ1) is 10.1. The van der Waals surface area contributed by atoms with E-state index >= 15 is 0 Å². The topological polar surface area (TPSA) is 44.5 Å². The molecule has 1 aliphatic heterocycles. The van der Waals surface area contributed by atoms with E-state index in [1.54, 1.807) is 25.3 Å². The van der Waals surface area contributed by atoms with Crippen LogP contribution in [0.3, 0.4) is 0 Å². The maximum absolute atomic E-state index is 13.9. The Labute approximate surface area is 121 Å². The largest absolute Gasteiger partial charge is 0.497 e. The number of nitrogens with two attached hydrogens (primary N) is 1. The fourth-order valence-electron chi connectivity index (χ4n) is 2.60. The Morgan fingerprint density at radius 3 is 2.57 bits per heavy atom. The average molecular weight is 291 g/mol. The Hall–Kier alpha value is -2.14.